The number of carbonyl (C=O) groups excluding carboxylic acids is 1. The summed E-state index contributed by atoms with van der Waals surface area (Å²) in [4.78, 5) is 12.6. The number of nitrogens with one attached hydrogen (secondary N) is 1. The van der Waals surface area contributed by atoms with E-state index in [2.05, 4.69) is 5.32 Å². The van der Waals surface area contributed by atoms with Crippen molar-refractivity contribution in [2.24, 2.45) is 0 Å². The van der Waals surface area contributed by atoms with E-state index in [4.69, 9.17) is 4.74 Å². The zero-order valence-corrected chi connectivity index (χ0v) is 12.7. The van der Waals surface area contributed by atoms with Crippen molar-refractivity contribution in [2.45, 2.75) is 32.5 Å². The smallest absolute Gasteiger partial charge is 0.218 e. The van der Waals surface area contributed by atoms with Crippen molar-refractivity contribution in [1.82, 2.24) is 5.32 Å². The summed E-state index contributed by atoms with van der Waals surface area (Å²) in [6, 6.07) is 18.6. The zero-order chi connectivity index (χ0) is 15.3. The van der Waals surface area contributed by atoms with Crippen LogP contribution in [0.4, 0.5) is 0 Å². The van der Waals surface area contributed by atoms with E-state index in [1.807, 2.05) is 69.3 Å². The number of hydrogen-bond acceptors (Lipinski definition) is 3. The molecule has 0 saturated carbocycles. The first-order valence-corrected chi connectivity index (χ1v) is 7.04. The lowest BCUT2D eigenvalue weighted by Crippen LogP contribution is -2.50. The summed E-state index contributed by atoms with van der Waals surface area (Å²) in [5.74, 6) is 0.595. The molecule has 1 N–H and O–H groups in total. The summed E-state index contributed by atoms with van der Waals surface area (Å²) in [7, 11) is 0. The standard InChI is InChI=1S/C18H21NO2/c1-18(2,3)19-17(21-15-12-8-5-9-13-15)16(20)14-10-6-4-7-11-14/h4-13,17,19H,1-3H3. The third kappa shape index (κ3) is 4.72. The first-order valence-electron chi connectivity index (χ1n) is 7.04. The van der Waals surface area contributed by atoms with Gasteiger partial charge in [0, 0.05) is 11.1 Å². The Balaban J connectivity index is 2.22. The summed E-state index contributed by atoms with van der Waals surface area (Å²) in [6.45, 7) is 6.02. The molecule has 0 aliphatic carbocycles. The van der Waals surface area contributed by atoms with Crippen LogP contribution in [-0.4, -0.2) is 17.6 Å². The highest BCUT2D eigenvalue weighted by Crippen LogP contribution is 2.15. The van der Waals surface area contributed by atoms with E-state index in [9.17, 15) is 4.79 Å². The first kappa shape index (κ1) is 15.3. The van der Waals surface area contributed by atoms with Gasteiger partial charge in [-0.05, 0) is 32.9 Å². The van der Waals surface area contributed by atoms with E-state index in [0.717, 1.165) is 0 Å². The fourth-order valence-corrected chi connectivity index (χ4v) is 1.93. The van der Waals surface area contributed by atoms with E-state index in [1.165, 1.54) is 0 Å². The van der Waals surface area contributed by atoms with Gasteiger partial charge in [0.1, 0.15) is 5.75 Å². The van der Waals surface area contributed by atoms with Crippen LogP contribution in [-0.2, 0) is 0 Å². The fourth-order valence-electron chi connectivity index (χ4n) is 1.93. The van der Waals surface area contributed by atoms with Crippen LogP contribution in [0.3, 0.4) is 0 Å². The van der Waals surface area contributed by atoms with E-state index < -0.39 is 6.23 Å². The number of ether oxygens (including phenoxy) is 1. The minimum atomic E-state index is -0.713. The average Bonchev–Trinajstić information content (AvgIpc) is 2.46. The normalized spacial score (nSPS) is 12.7. The van der Waals surface area contributed by atoms with Crippen molar-refractivity contribution in [1.29, 1.82) is 0 Å². The summed E-state index contributed by atoms with van der Waals surface area (Å²) >= 11 is 0. The molecule has 3 nitrogen and oxygen atoms in total. The van der Waals surface area contributed by atoms with Crippen LogP contribution in [0, 0.1) is 0 Å². The molecular weight excluding hydrogens is 262 g/mol. The highest BCUT2D eigenvalue weighted by atomic mass is 16.5. The Hall–Kier alpha value is -2.13. The van der Waals surface area contributed by atoms with Gasteiger partial charge >= 0.3 is 0 Å². The SMILES string of the molecule is CC(C)(C)NC(Oc1ccccc1)C(=O)c1ccccc1. The second kappa shape index (κ2) is 6.55. The quantitative estimate of drug-likeness (QED) is 0.672. The lowest BCUT2D eigenvalue weighted by atomic mass is 10.1. The van der Waals surface area contributed by atoms with Gasteiger partial charge in [-0.3, -0.25) is 10.1 Å². The first-order chi connectivity index (χ1) is 9.96. The van der Waals surface area contributed by atoms with Crippen molar-refractivity contribution in [3.8, 4) is 5.75 Å². The van der Waals surface area contributed by atoms with E-state index in [-0.39, 0.29) is 11.3 Å². The summed E-state index contributed by atoms with van der Waals surface area (Å²) in [5, 5.41) is 3.23. The van der Waals surface area contributed by atoms with Gasteiger partial charge in [0.05, 0.1) is 0 Å². The number of rotatable bonds is 5. The Morgan fingerprint density at radius 3 is 2.00 bits per heavy atom. The zero-order valence-electron chi connectivity index (χ0n) is 12.7. The van der Waals surface area contributed by atoms with Gasteiger partial charge in [0.25, 0.3) is 0 Å². The number of hydrogen-bond donors (Lipinski definition) is 1. The third-order valence-corrected chi connectivity index (χ3v) is 2.86. The maximum atomic E-state index is 12.6. The molecular formula is C18H21NO2. The molecule has 0 heterocycles. The van der Waals surface area contributed by atoms with Crippen LogP contribution in [0.25, 0.3) is 0 Å². The molecule has 0 fully saturated rings. The Bertz CT molecular complexity index is 573. The molecule has 110 valence electrons. The molecule has 0 aromatic heterocycles. The molecule has 0 aliphatic heterocycles. The Labute approximate surface area is 126 Å². The molecule has 3 heteroatoms. The molecule has 2 aromatic carbocycles. The van der Waals surface area contributed by atoms with Crippen molar-refractivity contribution >= 4 is 5.78 Å². The topological polar surface area (TPSA) is 38.3 Å². The van der Waals surface area contributed by atoms with Crippen molar-refractivity contribution in [2.75, 3.05) is 0 Å². The van der Waals surface area contributed by atoms with E-state index in [1.54, 1.807) is 12.1 Å². The lowest BCUT2D eigenvalue weighted by molar-refractivity contribution is 0.0671. The maximum absolute atomic E-state index is 12.6. The molecule has 0 spiro atoms. The minimum Gasteiger partial charge on any atom is -0.468 e. The third-order valence-electron chi connectivity index (χ3n) is 2.86. The summed E-state index contributed by atoms with van der Waals surface area (Å²) < 4.78 is 5.85. The molecule has 2 rings (SSSR count). The predicted molar refractivity (Wildman–Crippen MR) is 84.5 cm³/mol. The van der Waals surface area contributed by atoms with Crippen molar-refractivity contribution in [3.63, 3.8) is 0 Å². The maximum Gasteiger partial charge on any atom is 0.218 e. The van der Waals surface area contributed by atoms with Gasteiger partial charge in [0.15, 0.2) is 0 Å². The molecule has 0 bridgehead atoms. The number of Topliss-reactive ketones (excluding diaryl/α,β-unsaturated/α-hetero) is 1. The molecule has 0 aliphatic rings. The van der Waals surface area contributed by atoms with Gasteiger partial charge in [-0.2, -0.15) is 0 Å². The monoisotopic (exact) mass is 283 g/mol. The van der Waals surface area contributed by atoms with Gasteiger partial charge in [-0.15, -0.1) is 0 Å². The van der Waals surface area contributed by atoms with Crippen molar-refractivity contribution < 1.29 is 9.53 Å². The second-order valence-corrected chi connectivity index (χ2v) is 5.94. The number of benzene rings is 2. The largest absolute Gasteiger partial charge is 0.468 e. The number of carbonyl (C=O) groups is 1. The van der Waals surface area contributed by atoms with E-state index >= 15 is 0 Å². The van der Waals surface area contributed by atoms with Crippen LogP contribution in [0.2, 0.25) is 0 Å². The molecule has 0 amide bonds. The van der Waals surface area contributed by atoms with Gasteiger partial charge in [-0.25, -0.2) is 0 Å². The second-order valence-electron chi connectivity index (χ2n) is 5.94. The Morgan fingerprint density at radius 2 is 1.48 bits per heavy atom. The van der Waals surface area contributed by atoms with Gasteiger partial charge in [0.2, 0.25) is 12.0 Å². The average molecular weight is 283 g/mol. The van der Waals surface area contributed by atoms with Crippen LogP contribution >= 0.6 is 0 Å². The van der Waals surface area contributed by atoms with Crippen LogP contribution in [0.5, 0.6) is 5.75 Å². The summed E-state index contributed by atoms with van der Waals surface area (Å²) in [6.07, 6.45) is -0.713. The molecule has 1 unspecified atom stereocenters. The fraction of sp³-hybridized carbons (Fsp3) is 0.278. The Kier molecular flexibility index (Phi) is 4.76. The molecule has 1 atom stereocenters. The number of para-hydroxylation sites is 1. The van der Waals surface area contributed by atoms with Crippen LogP contribution in [0.1, 0.15) is 31.1 Å². The lowest BCUT2D eigenvalue weighted by Gasteiger charge is -2.28. The molecule has 21 heavy (non-hydrogen) atoms. The minimum absolute atomic E-state index is 0.0746. The number of ketones is 1. The van der Waals surface area contributed by atoms with Crippen LogP contribution in [0.15, 0.2) is 60.7 Å². The van der Waals surface area contributed by atoms with Gasteiger partial charge < -0.3 is 4.74 Å². The van der Waals surface area contributed by atoms with Crippen LogP contribution < -0.4 is 10.1 Å². The molecule has 0 radical (unpaired) electrons. The highest BCUT2D eigenvalue weighted by Gasteiger charge is 2.26. The van der Waals surface area contributed by atoms with Gasteiger partial charge in [-0.1, -0.05) is 48.5 Å². The Morgan fingerprint density at radius 1 is 0.952 bits per heavy atom. The molecule has 0 saturated heterocycles. The highest BCUT2D eigenvalue weighted by molar-refractivity contribution is 5.99. The predicted octanol–water partition coefficient (Wildman–Crippen LogP) is 3.66. The summed E-state index contributed by atoms with van der Waals surface area (Å²) in [5.41, 5.74) is 0.402. The molecule has 2 aromatic rings. The van der Waals surface area contributed by atoms with E-state index in [0.29, 0.717) is 11.3 Å². The van der Waals surface area contributed by atoms with Crippen molar-refractivity contribution in [3.05, 3.63) is 66.2 Å².